The Morgan fingerprint density at radius 3 is 2.41 bits per heavy atom. The highest BCUT2D eigenvalue weighted by molar-refractivity contribution is 5.95. The minimum absolute atomic E-state index is 0.102. The predicted octanol–water partition coefficient (Wildman–Crippen LogP) is 5.30. The summed E-state index contributed by atoms with van der Waals surface area (Å²) in [5.41, 5.74) is 1.32. The summed E-state index contributed by atoms with van der Waals surface area (Å²) < 4.78 is 17.6. The van der Waals surface area contributed by atoms with E-state index in [9.17, 15) is 4.79 Å². The molecule has 5 heteroatoms. The SMILES string of the molecule is CCOc1ccc(C(=O)N[C@@H]2CC(CC)(CC)Oc3ccccc32)cc1OCC. The lowest BCUT2D eigenvalue weighted by molar-refractivity contribution is 0.0227. The van der Waals surface area contributed by atoms with Gasteiger partial charge in [0.15, 0.2) is 11.5 Å². The van der Waals surface area contributed by atoms with Crippen LogP contribution in [-0.4, -0.2) is 24.7 Å². The van der Waals surface area contributed by atoms with Gasteiger partial charge in [0.05, 0.1) is 19.3 Å². The molecule has 156 valence electrons. The lowest BCUT2D eigenvalue weighted by Gasteiger charge is -2.41. The molecule has 1 aliphatic rings. The summed E-state index contributed by atoms with van der Waals surface area (Å²) in [6.45, 7) is 9.16. The summed E-state index contributed by atoms with van der Waals surface area (Å²) in [5.74, 6) is 1.97. The molecule has 3 rings (SSSR count). The maximum atomic E-state index is 13.1. The summed E-state index contributed by atoms with van der Waals surface area (Å²) in [6, 6.07) is 13.2. The number of fused-ring (bicyclic) bond motifs is 1. The van der Waals surface area contributed by atoms with Crippen molar-refractivity contribution in [3.8, 4) is 17.2 Å². The van der Waals surface area contributed by atoms with Gasteiger partial charge in [-0.2, -0.15) is 0 Å². The molecule has 0 spiro atoms. The molecule has 29 heavy (non-hydrogen) atoms. The van der Waals surface area contributed by atoms with Gasteiger partial charge in [-0.15, -0.1) is 0 Å². The molecule has 0 aliphatic carbocycles. The number of para-hydroxylation sites is 1. The first kappa shape index (κ1) is 21.0. The number of amides is 1. The molecule has 0 unspecified atom stereocenters. The normalized spacial score (nSPS) is 17.0. The van der Waals surface area contributed by atoms with E-state index >= 15 is 0 Å². The van der Waals surface area contributed by atoms with Crippen LogP contribution in [0.4, 0.5) is 0 Å². The Balaban J connectivity index is 1.87. The minimum atomic E-state index is -0.262. The van der Waals surface area contributed by atoms with Gasteiger partial charge < -0.3 is 19.5 Å². The average Bonchev–Trinajstić information content (AvgIpc) is 2.75. The second-order valence-electron chi connectivity index (χ2n) is 7.29. The van der Waals surface area contributed by atoms with Crippen LogP contribution in [0.15, 0.2) is 42.5 Å². The van der Waals surface area contributed by atoms with Crippen molar-refractivity contribution in [2.45, 2.75) is 58.6 Å². The molecule has 1 aliphatic heterocycles. The number of hydrogen-bond acceptors (Lipinski definition) is 4. The summed E-state index contributed by atoms with van der Waals surface area (Å²) in [4.78, 5) is 13.1. The van der Waals surface area contributed by atoms with Crippen molar-refractivity contribution >= 4 is 5.91 Å². The number of ether oxygens (including phenoxy) is 3. The number of carbonyl (C=O) groups excluding carboxylic acids is 1. The maximum absolute atomic E-state index is 13.1. The molecule has 2 aromatic carbocycles. The van der Waals surface area contributed by atoms with Crippen LogP contribution in [0, 0.1) is 0 Å². The number of hydrogen-bond donors (Lipinski definition) is 1. The fraction of sp³-hybridized carbons (Fsp3) is 0.458. The summed E-state index contributed by atoms with van der Waals surface area (Å²) in [7, 11) is 0. The van der Waals surface area contributed by atoms with Crippen molar-refractivity contribution in [2.75, 3.05) is 13.2 Å². The second kappa shape index (κ2) is 9.21. The Morgan fingerprint density at radius 2 is 1.72 bits per heavy atom. The minimum Gasteiger partial charge on any atom is -0.490 e. The molecule has 1 N–H and O–H groups in total. The quantitative estimate of drug-likeness (QED) is 0.657. The molecular formula is C24H31NO4. The molecule has 0 fully saturated rings. The number of rotatable bonds is 8. The van der Waals surface area contributed by atoms with Crippen molar-refractivity contribution in [3.63, 3.8) is 0 Å². The van der Waals surface area contributed by atoms with Crippen molar-refractivity contribution in [3.05, 3.63) is 53.6 Å². The topological polar surface area (TPSA) is 56.8 Å². The van der Waals surface area contributed by atoms with Gasteiger partial charge >= 0.3 is 0 Å². The summed E-state index contributed by atoms with van der Waals surface area (Å²) in [6.07, 6.45) is 2.53. The van der Waals surface area contributed by atoms with Gasteiger partial charge in [0.2, 0.25) is 0 Å². The van der Waals surface area contributed by atoms with Gasteiger partial charge in [0.25, 0.3) is 5.91 Å². The van der Waals surface area contributed by atoms with Crippen LogP contribution in [0.1, 0.15) is 68.9 Å². The third-order valence-electron chi connectivity index (χ3n) is 5.60. The highest BCUT2D eigenvalue weighted by Gasteiger charge is 2.39. The number of benzene rings is 2. The molecule has 1 amide bonds. The van der Waals surface area contributed by atoms with E-state index in [2.05, 4.69) is 19.2 Å². The Bertz CT molecular complexity index is 845. The highest BCUT2D eigenvalue weighted by atomic mass is 16.5. The fourth-order valence-corrected chi connectivity index (χ4v) is 3.86. The smallest absolute Gasteiger partial charge is 0.251 e. The molecule has 0 radical (unpaired) electrons. The van der Waals surface area contributed by atoms with E-state index in [1.54, 1.807) is 18.2 Å². The largest absolute Gasteiger partial charge is 0.490 e. The van der Waals surface area contributed by atoms with E-state index in [4.69, 9.17) is 14.2 Å². The third kappa shape index (κ3) is 4.50. The van der Waals surface area contributed by atoms with Crippen LogP contribution in [-0.2, 0) is 0 Å². The van der Waals surface area contributed by atoms with Crippen LogP contribution in [0.2, 0.25) is 0 Å². The van der Waals surface area contributed by atoms with Crippen molar-refractivity contribution in [2.24, 2.45) is 0 Å². The highest BCUT2D eigenvalue weighted by Crippen LogP contribution is 2.42. The van der Waals surface area contributed by atoms with E-state index in [1.165, 1.54) is 0 Å². The Hall–Kier alpha value is -2.69. The molecule has 1 atom stereocenters. The van der Waals surface area contributed by atoms with E-state index < -0.39 is 0 Å². The Morgan fingerprint density at radius 1 is 1.03 bits per heavy atom. The zero-order valence-electron chi connectivity index (χ0n) is 17.8. The van der Waals surface area contributed by atoms with Crippen LogP contribution in [0.5, 0.6) is 17.2 Å². The van der Waals surface area contributed by atoms with Gasteiger partial charge in [-0.3, -0.25) is 4.79 Å². The van der Waals surface area contributed by atoms with Crippen molar-refractivity contribution in [1.29, 1.82) is 0 Å². The average molecular weight is 398 g/mol. The zero-order chi connectivity index (χ0) is 20.9. The molecule has 1 heterocycles. The van der Waals surface area contributed by atoms with Gasteiger partial charge in [-0.1, -0.05) is 32.0 Å². The molecule has 0 saturated carbocycles. The van der Waals surface area contributed by atoms with Crippen molar-refractivity contribution in [1.82, 2.24) is 5.32 Å². The van der Waals surface area contributed by atoms with E-state index in [0.717, 1.165) is 30.6 Å². The van der Waals surface area contributed by atoms with Gasteiger partial charge in [0, 0.05) is 17.5 Å². The Kier molecular flexibility index (Phi) is 6.68. The predicted molar refractivity (Wildman–Crippen MR) is 114 cm³/mol. The lowest BCUT2D eigenvalue weighted by atomic mass is 9.83. The van der Waals surface area contributed by atoms with E-state index in [-0.39, 0.29) is 17.6 Å². The van der Waals surface area contributed by atoms with Crippen LogP contribution >= 0.6 is 0 Å². The molecule has 0 bridgehead atoms. The van der Waals surface area contributed by atoms with Gasteiger partial charge in [0.1, 0.15) is 11.4 Å². The Labute approximate surface area is 173 Å². The van der Waals surface area contributed by atoms with Crippen molar-refractivity contribution < 1.29 is 19.0 Å². The fourth-order valence-electron chi connectivity index (χ4n) is 3.86. The first-order chi connectivity index (χ1) is 14.1. The third-order valence-corrected chi connectivity index (χ3v) is 5.60. The van der Waals surface area contributed by atoms with Crippen LogP contribution < -0.4 is 19.5 Å². The monoisotopic (exact) mass is 397 g/mol. The van der Waals surface area contributed by atoms with Crippen LogP contribution in [0.25, 0.3) is 0 Å². The maximum Gasteiger partial charge on any atom is 0.251 e. The summed E-state index contributed by atoms with van der Waals surface area (Å²) in [5, 5.41) is 3.22. The first-order valence-corrected chi connectivity index (χ1v) is 10.5. The summed E-state index contributed by atoms with van der Waals surface area (Å²) >= 11 is 0. The molecule has 0 saturated heterocycles. The standard InChI is InChI=1S/C24H31NO4/c1-5-24(6-2)16-19(18-11-9-10-12-20(18)29-24)25-23(26)17-13-14-21(27-7-3)22(15-17)28-8-4/h9-15,19H,5-8,16H2,1-4H3,(H,25,26)/t19-/m1/s1. The van der Waals surface area contributed by atoms with Gasteiger partial charge in [-0.25, -0.2) is 0 Å². The molecule has 2 aromatic rings. The molecular weight excluding hydrogens is 366 g/mol. The van der Waals surface area contributed by atoms with E-state index in [1.807, 2.05) is 38.1 Å². The first-order valence-electron chi connectivity index (χ1n) is 10.5. The van der Waals surface area contributed by atoms with E-state index in [0.29, 0.717) is 30.3 Å². The molecule has 5 nitrogen and oxygen atoms in total. The molecule has 0 aromatic heterocycles. The second-order valence-corrected chi connectivity index (χ2v) is 7.29. The number of nitrogens with one attached hydrogen (secondary N) is 1. The zero-order valence-corrected chi connectivity index (χ0v) is 17.8. The van der Waals surface area contributed by atoms with Gasteiger partial charge in [-0.05, 0) is 51.0 Å². The van der Waals surface area contributed by atoms with Crippen LogP contribution in [0.3, 0.4) is 0 Å². The lowest BCUT2D eigenvalue weighted by Crippen LogP contribution is -2.44. The number of carbonyl (C=O) groups is 1.